The quantitative estimate of drug-likeness (QED) is 0.768. The first-order chi connectivity index (χ1) is 8.16. The van der Waals surface area contributed by atoms with Gasteiger partial charge in [0.2, 0.25) is 0 Å². The van der Waals surface area contributed by atoms with Crippen LogP contribution in [-0.4, -0.2) is 21.0 Å². The van der Waals surface area contributed by atoms with Gasteiger partial charge in [-0.15, -0.1) is 0 Å². The van der Waals surface area contributed by atoms with Gasteiger partial charge in [0.15, 0.2) is 0 Å². The summed E-state index contributed by atoms with van der Waals surface area (Å²) >= 11 is 0. The van der Waals surface area contributed by atoms with E-state index in [9.17, 15) is 9.59 Å². The second-order valence-corrected chi connectivity index (χ2v) is 4.39. The van der Waals surface area contributed by atoms with Gasteiger partial charge in [0.1, 0.15) is 5.82 Å². The lowest BCUT2D eigenvalue weighted by Gasteiger charge is -2.06. The van der Waals surface area contributed by atoms with E-state index in [0.717, 1.165) is 43.4 Å². The lowest BCUT2D eigenvalue weighted by atomic mass is 10.1. The number of aromatic nitrogens is 2. The molecule has 0 fully saturated rings. The number of carboxylic acid groups (broad SMARTS) is 1. The van der Waals surface area contributed by atoms with Crippen LogP contribution in [0.5, 0.6) is 0 Å². The van der Waals surface area contributed by atoms with E-state index >= 15 is 0 Å². The van der Waals surface area contributed by atoms with Gasteiger partial charge < -0.3 is 10.1 Å². The van der Waals surface area contributed by atoms with Crippen LogP contribution in [0.1, 0.15) is 42.8 Å². The van der Waals surface area contributed by atoms with Crippen molar-refractivity contribution >= 4 is 5.97 Å². The van der Waals surface area contributed by atoms with E-state index in [4.69, 9.17) is 5.11 Å². The molecule has 0 saturated heterocycles. The van der Waals surface area contributed by atoms with Gasteiger partial charge in [0, 0.05) is 12.0 Å². The molecule has 0 bridgehead atoms. The monoisotopic (exact) mass is 236 g/mol. The molecule has 1 aliphatic rings. The molecular weight excluding hydrogens is 220 g/mol. The molecule has 1 aromatic heterocycles. The highest BCUT2D eigenvalue weighted by atomic mass is 16.4. The van der Waals surface area contributed by atoms with E-state index in [-0.39, 0.29) is 18.4 Å². The fourth-order valence-corrected chi connectivity index (χ4v) is 2.18. The fraction of sp³-hybridized carbons (Fsp3) is 0.583. The predicted octanol–water partition coefficient (Wildman–Crippen LogP) is 1.06. The van der Waals surface area contributed by atoms with Gasteiger partial charge in [0.05, 0.1) is 12.1 Å². The third-order valence-corrected chi connectivity index (χ3v) is 3.07. The summed E-state index contributed by atoms with van der Waals surface area (Å²) in [6.07, 6.45) is 5.13. The summed E-state index contributed by atoms with van der Waals surface area (Å²) in [4.78, 5) is 29.4. The van der Waals surface area contributed by atoms with Crippen LogP contribution < -0.4 is 5.56 Å². The smallest absolute Gasteiger partial charge is 0.303 e. The number of rotatable bonds is 3. The Labute approximate surface area is 98.9 Å². The molecule has 0 aromatic carbocycles. The van der Waals surface area contributed by atoms with Crippen LogP contribution >= 0.6 is 0 Å². The van der Waals surface area contributed by atoms with E-state index in [1.807, 2.05) is 0 Å². The van der Waals surface area contributed by atoms with Crippen LogP contribution in [0.15, 0.2) is 4.79 Å². The number of nitrogens with zero attached hydrogens (tertiary/aromatic N) is 1. The minimum Gasteiger partial charge on any atom is -0.481 e. The highest BCUT2D eigenvalue weighted by molar-refractivity contribution is 5.66. The number of hydrogen-bond donors (Lipinski definition) is 2. The van der Waals surface area contributed by atoms with Crippen LogP contribution in [0, 0.1) is 0 Å². The molecule has 1 aromatic rings. The number of H-pyrrole nitrogens is 1. The summed E-state index contributed by atoms with van der Waals surface area (Å²) in [6.45, 7) is 0. The Kier molecular flexibility index (Phi) is 3.56. The predicted molar refractivity (Wildman–Crippen MR) is 62.1 cm³/mol. The minimum atomic E-state index is -0.873. The molecule has 17 heavy (non-hydrogen) atoms. The normalized spacial score (nSPS) is 15.1. The topological polar surface area (TPSA) is 83.0 Å². The van der Waals surface area contributed by atoms with E-state index in [0.29, 0.717) is 5.82 Å². The van der Waals surface area contributed by atoms with E-state index in [2.05, 4.69) is 9.97 Å². The molecular formula is C12H16N2O3. The fourth-order valence-electron chi connectivity index (χ4n) is 2.18. The third-order valence-electron chi connectivity index (χ3n) is 3.07. The first-order valence-electron chi connectivity index (χ1n) is 5.99. The Balaban J connectivity index is 2.26. The molecule has 0 amide bonds. The largest absolute Gasteiger partial charge is 0.481 e. The number of aryl methyl sites for hydroxylation is 2. The average Bonchev–Trinajstić information content (AvgIpc) is 2.51. The zero-order chi connectivity index (χ0) is 12.3. The maximum absolute atomic E-state index is 11.8. The van der Waals surface area contributed by atoms with Gasteiger partial charge in [-0.3, -0.25) is 9.59 Å². The van der Waals surface area contributed by atoms with Gasteiger partial charge >= 0.3 is 5.97 Å². The summed E-state index contributed by atoms with van der Waals surface area (Å²) in [5.41, 5.74) is 1.57. The van der Waals surface area contributed by atoms with Crippen LogP contribution in [0.25, 0.3) is 0 Å². The number of nitrogens with one attached hydrogen (secondary N) is 1. The highest BCUT2D eigenvalue weighted by Gasteiger charge is 2.14. The van der Waals surface area contributed by atoms with Crippen molar-refractivity contribution in [2.45, 2.75) is 44.9 Å². The third kappa shape index (κ3) is 2.93. The Morgan fingerprint density at radius 1 is 1.29 bits per heavy atom. The van der Waals surface area contributed by atoms with Crippen molar-refractivity contribution in [1.29, 1.82) is 0 Å². The van der Waals surface area contributed by atoms with Gasteiger partial charge in [0.25, 0.3) is 5.56 Å². The maximum atomic E-state index is 11.8. The summed E-state index contributed by atoms with van der Waals surface area (Å²) in [5, 5.41) is 8.61. The number of carbonyl (C=O) groups is 1. The standard InChI is InChI=1S/C12H16N2O3/c15-11(16)7-6-10-13-9-5-3-1-2-4-8(9)12(17)14-10/h1-7H2,(H,15,16)(H,13,14,17). The molecule has 0 saturated carbocycles. The van der Waals surface area contributed by atoms with Crippen molar-refractivity contribution < 1.29 is 9.90 Å². The van der Waals surface area contributed by atoms with E-state index < -0.39 is 5.97 Å². The lowest BCUT2D eigenvalue weighted by Crippen LogP contribution is -2.20. The molecule has 0 atom stereocenters. The first kappa shape index (κ1) is 11.8. The van der Waals surface area contributed by atoms with E-state index in [1.165, 1.54) is 0 Å². The summed E-state index contributed by atoms with van der Waals surface area (Å²) in [7, 11) is 0. The molecule has 2 N–H and O–H groups in total. The van der Waals surface area contributed by atoms with Gasteiger partial charge in [-0.05, 0) is 25.7 Å². The zero-order valence-electron chi connectivity index (χ0n) is 9.66. The van der Waals surface area contributed by atoms with E-state index in [1.54, 1.807) is 0 Å². The van der Waals surface area contributed by atoms with Crippen LogP contribution in [0.3, 0.4) is 0 Å². The molecule has 1 aliphatic carbocycles. The summed E-state index contributed by atoms with van der Waals surface area (Å²) in [6, 6.07) is 0. The Hall–Kier alpha value is -1.65. The van der Waals surface area contributed by atoms with Gasteiger partial charge in [-0.2, -0.15) is 0 Å². The zero-order valence-corrected chi connectivity index (χ0v) is 9.66. The maximum Gasteiger partial charge on any atom is 0.303 e. The Bertz CT molecular complexity index is 479. The van der Waals surface area contributed by atoms with Crippen molar-refractivity contribution in [2.75, 3.05) is 0 Å². The minimum absolute atomic E-state index is 0.00171. The average molecular weight is 236 g/mol. The molecule has 5 heteroatoms. The molecule has 1 heterocycles. The van der Waals surface area contributed by atoms with Crippen LogP contribution in [0.2, 0.25) is 0 Å². The van der Waals surface area contributed by atoms with Crippen molar-refractivity contribution in [3.63, 3.8) is 0 Å². The van der Waals surface area contributed by atoms with Crippen molar-refractivity contribution in [1.82, 2.24) is 9.97 Å². The number of hydrogen-bond acceptors (Lipinski definition) is 3. The molecule has 5 nitrogen and oxygen atoms in total. The first-order valence-corrected chi connectivity index (χ1v) is 5.99. The Morgan fingerprint density at radius 3 is 2.82 bits per heavy atom. The molecule has 2 rings (SSSR count). The molecule has 0 unspecified atom stereocenters. The van der Waals surface area contributed by atoms with Crippen molar-refractivity contribution in [3.8, 4) is 0 Å². The van der Waals surface area contributed by atoms with Crippen molar-refractivity contribution in [3.05, 3.63) is 27.4 Å². The molecule has 0 aliphatic heterocycles. The molecule has 0 radical (unpaired) electrons. The summed E-state index contributed by atoms with van der Waals surface area (Å²) in [5.74, 6) is -0.374. The van der Waals surface area contributed by atoms with Crippen LogP contribution in [0.4, 0.5) is 0 Å². The van der Waals surface area contributed by atoms with Crippen LogP contribution in [-0.2, 0) is 24.1 Å². The second-order valence-electron chi connectivity index (χ2n) is 4.39. The number of fused-ring (bicyclic) bond motifs is 1. The molecule has 0 spiro atoms. The number of aliphatic carboxylic acids is 1. The Morgan fingerprint density at radius 2 is 2.06 bits per heavy atom. The van der Waals surface area contributed by atoms with Gasteiger partial charge in [-0.25, -0.2) is 4.98 Å². The second kappa shape index (κ2) is 5.12. The number of aromatic amines is 1. The lowest BCUT2D eigenvalue weighted by molar-refractivity contribution is -0.137. The SMILES string of the molecule is O=C(O)CCc1nc2c(c(=O)[nH]1)CCCCC2. The highest BCUT2D eigenvalue weighted by Crippen LogP contribution is 2.15. The summed E-state index contributed by atoms with van der Waals surface area (Å²) < 4.78 is 0. The van der Waals surface area contributed by atoms with Crippen molar-refractivity contribution in [2.24, 2.45) is 0 Å². The number of carboxylic acids is 1. The molecule has 92 valence electrons. The van der Waals surface area contributed by atoms with Gasteiger partial charge in [-0.1, -0.05) is 6.42 Å².